The van der Waals surface area contributed by atoms with E-state index in [-0.39, 0.29) is 6.10 Å². The van der Waals surface area contributed by atoms with Crippen molar-refractivity contribution in [2.45, 2.75) is 46.3 Å². The highest BCUT2D eigenvalue weighted by atomic mass is 16.5. The Morgan fingerprint density at radius 3 is 2.44 bits per heavy atom. The van der Waals surface area contributed by atoms with Crippen molar-refractivity contribution in [2.75, 3.05) is 13.7 Å². The lowest BCUT2D eigenvalue weighted by Gasteiger charge is -2.16. The van der Waals surface area contributed by atoms with Gasteiger partial charge in [-0.05, 0) is 42.5 Å². The van der Waals surface area contributed by atoms with Crippen LogP contribution in [0, 0.1) is 6.92 Å². The molecule has 18 heavy (non-hydrogen) atoms. The van der Waals surface area contributed by atoms with E-state index in [0.717, 1.165) is 12.3 Å². The maximum absolute atomic E-state index is 9.24. The van der Waals surface area contributed by atoms with Crippen LogP contribution in [0.1, 0.15) is 43.4 Å². The summed E-state index contributed by atoms with van der Waals surface area (Å²) in [5.41, 5.74) is 3.71. The maximum Gasteiger partial charge on any atom is 0.122 e. The van der Waals surface area contributed by atoms with Gasteiger partial charge in [-0.2, -0.15) is 0 Å². The summed E-state index contributed by atoms with van der Waals surface area (Å²) in [4.78, 5) is 0. The van der Waals surface area contributed by atoms with Gasteiger partial charge >= 0.3 is 0 Å². The van der Waals surface area contributed by atoms with E-state index in [0.29, 0.717) is 12.5 Å². The number of aryl methyl sites for hydroxylation is 1. The summed E-state index contributed by atoms with van der Waals surface area (Å²) in [7, 11) is 1.71. The third-order valence-electron chi connectivity index (χ3n) is 3.07. The number of methoxy groups -OCH3 is 1. The van der Waals surface area contributed by atoms with E-state index >= 15 is 0 Å². The van der Waals surface area contributed by atoms with E-state index in [2.05, 4.69) is 38.2 Å². The normalized spacial score (nSPS) is 12.8. The molecule has 0 saturated carbocycles. The number of rotatable bonds is 6. The maximum atomic E-state index is 9.24. The van der Waals surface area contributed by atoms with Crippen molar-refractivity contribution < 1.29 is 9.84 Å². The fourth-order valence-electron chi connectivity index (χ4n) is 1.98. The molecule has 0 aliphatic rings. The van der Waals surface area contributed by atoms with Crippen LogP contribution in [0.3, 0.4) is 0 Å². The van der Waals surface area contributed by atoms with Crippen LogP contribution in [0.5, 0.6) is 5.75 Å². The first kappa shape index (κ1) is 15.0. The van der Waals surface area contributed by atoms with Gasteiger partial charge in [-0.3, -0.25) is 0 Å². The Kier molecular flexibility index (Phi) is 5.63. The Morgan fingerprint density at radius 2 is 1.94 bits per heavy atom. The number of aliphatic hydroxyl groups excluding tert-OH is 1. The van der Waals surface area contributed by atoms with Crippen LogP contribution < -0.4 is 10.1 Å². The fraction of sp³-hybridized carbons (Fsp3) is 0.600. The molecule has 0 bridgehead atoms. The van der Waals surface area contributed by atoms with Crippen molar-refractivity contribution in [3.63, 3.8) is 0 Å². The smallest absolute Gasteiger partial charge is 0.122 e. The van der Waals surface area contributed by atoms with Gasteiger partial charge in [-0.15, -0.1) is 0 Å². The van der Waals surface area contributed by atoms with Crippen LogP contribution >= 0.6 is 0 Å². The molecule has 0 aromatic heterocycles. The zero-order valence-corrected chi connectivity index (χ0v) is 12.1. The highest BCUT2D eigenvalue weighted by Crippen LogP contribution is 2.29. The van der Waals surface area contributed by atoms with E-state index < -0.39 is 0 Å². The molecule has 1 aromatic rings. The molecular weight excluding hydrogens is 226 g/mol. The van der Waals surface area contributed by atoms with Crippen LogP contribution in [0.25, 0.3) is 0 Å². The third-order valence-corrected chi connectivity index (χ3v) is 3.07. The van der Waals surface area contributed by atoms with Crippen molar-refractivity contribution >= 4 is 0 Å². The number of ether oxygens (including phenoxy) is 1. The molecule has 1 rings (SSSR count). The van der Waals surface area contributed by atoms with Crippen LogP contribution in [0.4, 0.5) is 0 Å². The summed E-state index contributed by atoms with van der Waals surface area (Å²) in [6.45, 7) is 9.60. The van der Waals surface area contributed by atoms with Gasteiger partial charge in [0.05, 0.1) is 13.2 Å². The topological polar surface area (TPSA) is 41.5 Å². The molecule has 0 radical (unpaired) electrons. The molecule has 0 amide bonds. The quantitative estimate of drug-likeness (QED) is 0.816. The molecule has 102 valence electrons. The first-order valence-electron chi connectivity index (χ1n) is 6.51. The van der Waals surface area contributed by atoms with E-state index in [9.17, 15) is 5.11 Å². The average molecular weight is 251 g/mol. The fourth-order valence-corrected chi connectivity index (χ4v) is 1.98. The molecule has 1 unspecified atom stereocenters. The van der Waals surface area contributed by atoms with Gasteiger partial charge in [0, 0.05) is 13.1 Å². The van der Waals surface area contributed by atoms with E-state index in [4.69, 9.17) is 4.74 Å². The van der Waals surface area contributed by atoms with Crippen LogP contribution in [-0.4, -0.2) is 24.9 Å². The van der Waals surface area contributed by atoms with E-state index in [1.807, 2.05) is 0 Å². The molecule has 0 heterocycles. The predicted octanol–water partition coefficient (Wildman–Crippen LogP) is 2.60. The zero-order valence-electron chi connectivity index (χ0n) is 12.1. The van der Waals surface area contributed by atoms with Gasteiger partial charge in [0.25, 0.3) is 0 Å². The largest absolute Gasteiger partial charge is 0.496 e. The van der Waals surface area contributed by atoms with Crippen LogP contribution in [0.15, 0.2) is 12.1 Å². The molecule has 3 nitrogen and oxygen atoms in total. The lowest BCUT2D eigenvalue weighted by molar-refractivity contribution is 0.191. The SMILES string of the molecule is COc1cc(C)c(CNCC(C)O)cc1C(C)C. The molecule has 0 saturated heterocycles. The third kappa shape index (κ3) is 4.00. The second-order valence-corrected chi connectivity index (χ2v) is 5.16. The highest BCUT2D eigenvalue weighted by molar-refractivity contribution is 5.43. The minimum atomic E-state index is -0.312. The summed E-state index contributed by atoms with van der Waals surface area (Å²) in [5, 5.41) is 12.5. The van der Waals surface area contributed by atoms with E-state index in [1.165, 1.54) is 16.7 Å². The van der Waals surface area contributed by atoms with Gasteiger partial charge < -0.3 is 15.2 Å². The average Bonchev–Trinajstić information content (AvgIpc) is 2.29. The second-order valence-electron chi connectivity index (χ2n) is 5.16. The molecule has 2 N–H and O–H groups in total. The number of benzene rings is 1. The minimum absolute atomic E-state index is 0.312. The monoisotopic (exact) mass is 251 g/mol. The summed E-state index contributed by atoms with van der Waals surface area (Å²) in [5.74, 6) is 1.40. The molecule has 0 fully saturated rings. The van der Waals surface area contributed by atoms with Crippen LogP contribution in [-0.2, 0) is 6.54 Å². The minimum Gasteiger partial charge on any atom is -0.496 e. The van der Waals surface area contributed by atoms with Gasteiger partial charge in [0.1, 0.15) is 5.75 Å². The predicted molar refractivity (Wildman–Crippen MR) is 75.2 cm³/mol. The summed E-state index contributed by atoms with van der Waals surface area (Å²) in [6, 6.07) is 4.29. The van der Waals surface area contributed by atoms with Crippen molar-refractivity contribution in [3.05, 3.63) is 28.8 Å². The zero-order chi connectivity index (χ0) is 13.7. The second kappa shape index (κ2) is 6.76. The Labute approximate surface area is 110 Å². The van der Waals surface area contributed by atoms with Gasteiger partial charge in [-0.1, -0.05) is 19.9 Å². The van der Waals surface area contributed by atoms with Gasteiger partial charge in [0.2, 0.25) is 0 Å². The first-order valence-corrected chi connectivity index (χ1v) is 6.51. The summed E-state index contributed by atoms with van der Waals surface area (Å²) < 4.78 is 5.42. The standard InChI is InChI=1S/C15H25NO2/c1-10(2)14-7-13(9-16-8-12(4)17)11(3)6-15(14)18-5/h6-7,10,12,16-17H,8-9H2,1-5H3. The van der Waals surface area contributed by atoms with Crippen molar-refractivity contribution in [3.8, 4) is 5.75 Å². The molecule has 3 heteroatoms. The van der Waals surface area contributed by atoms with Crippen molar-refractivity contribution in [2.24, 2.45) is 0 Å². The lowest BCUT2D eigenvalue weighted by atomic mass is 9.96. The molecule has 1 atom stereocenters. The number of aliphatic hydroxyl groups is 1. The molecule has 0 spiro atoms. The highest BCUT2D eigenvalue weighted by Gasteiger charge is 2.11. The number of hydrogen-bond acceptors (Lipinski definition) is 3. The Hall–Kier alpha value is -1.06. The van der Waals surface area contributed by atoms with Gasteiger partial charge in [0.15, 0.2) is 0 Å². The molecule has 1 aromatic carbocycles. The van der Waals surface area contributed by atoms with Gasteiger partial charge in [-0.25, -0.2) is 0 Å². The lowest BCUT2D eigenvalue weighted by Crippen LogP contribution is -2.24. The molecular formula is C15H25NO2. The Morgan fingerprint density at radius 1 is 1.28 bits per heavy atom. The van der Waals surface area contributed by atoms with Crippen molar-refractivity contribution in [1.82, 2.24) is 5.32 Å². The number of hydrogen-bond donors (Lipinski definition) is 2. The Bertz CT molecular complexity index is 386. The molecule has 0 aliphatic heterocycles. The van der Waals surface area contributed by atoms with Crippen LogP contribution in [0.2, 0.25) is 0 Å². The summed E-state index contributed by atoms with van der Waals surface area (Å²) in [6.07, 6.45) is -0.312. The Balaban J connectivity index is 2.88. The first-order chi connectivity index (χ1) is 8.45. The molecule has 0 aliphatic carbocycles. The van der Waals surface area contributed by atoms with Crippen molar-refractivity contribution in [1.29, 1.82) is 0 Å². The summed E-state index contributed by atoms with van der Waals surface area (Å²) >= 11 is 0. The number of nitrogens with one attached hydrogen (secondary N) is 1. The van der Waals surface area contributed by atoms with E-state index in [1.54, 1.807) is 14.0 Å².